The molecule has 26 heavy (non-hydrogen) atoms. The highest BCUT2D eigenvalue weighted by Crippen LogP contribution is 2.22. The largest absolute Gasteiger partial charge is 0.497 e. The number of ether oxygens (including phenoxy) is 1. The van der Waals surface area contributed by atoms with Gasteiger partial charge in [-0.05, 0) is 48.5 Å². The van der Waals surface area contributed by atoms with Gasteiger partial charge in [-0.3, -0.25) is 9.69 Å². The first kappa shape index (κ1) is 19.7. The van der Waals surface area contributed by atoms with Gasteiger partial charge in [0, 0.05) is 29.2 Å². The third-order valence-corrected chi connectivity index (χ3v) is 4.58. The van der Waals surface area contributed by atoms with E-state index in [0.29, 0.717) is 11.1 Å². The van der Waals surface area contributed by atoms with E-state index in [9.17, 15) is 4.79 Å². The number of methoxy groups -OCH3 is 1. The summed E-state index contributed by atoms with van der Waals surface area (Å²) in [6.45, 7) is 7.30. The van der Waals surface area contributed by atoms with Gasteiger partial charge in [0.2, 0.25) is 0 Å². The molecule has 4 nitrogen and oxygen atoms in total. The average molecular weight is 352 g/mol. The molecule has 1 aromatic heterocycles. The van der Waals surface area contributed by atoms with Crippen LogP contribution in [0.3, 0.4) is 0 Å². The summed E-state index contributed by atoms with van der Waals surface area (Å²) in [6.07, 6.45) is 0. The van der Waals surface area contributed by atoms with Gasteiger partial charge in [0.1, 0.15) is 5.75 Å². The second-order valence-corrected chi connectivity index (χ2v) is 6.12. The lowest BCUT2D eigenvalue weighted by molar-refractivity contribution is 0.296. The van der Waals surface area contributed by atoms with Crippen molar-refractivity contribution in [1.82, 2.24) is 9.88 Å². The number of hydrogen-bond acceptors (Lipinski definition) is 3. The van der Waals surface area contributed by atoms with E-state index in [1.54, 1.807) is 19.2 Å². The Hall–Kier alpha value is -2.59. The van der Waals surface area contributed by atoms with E-state index in [-0.39, 0.29) is 12.9 Å². The Morgan fingerprint density at radius 3 is 2.50 bits per heavy atom. The average Bonchev–Trinajstić information content (AvgIpc) is 2.66. The van der Waals surface area contributed by atoms with Gasteiger partial charge >= 0.3 is 0 Å². The first-order valence-electron chi connectivity index (χ1n) is 8.67. The smallest absolute Gasteiger partial charge is 0.190 e. The molecule has 0 amide bonds. The summed E-state index contributed by atoms with van der Waals surface area (Å²) in [5.74, 6) is 0.687. The maximum Gasteiger partial charge on any atom is 0.190 e. The number of nitrogens with one attached hydrogen (secondary N) is 1. The van der Waals surface area contributed by atoms with Crippen LogP contribution in [-0.2, 0) is 6.54 Å². The normalized spacial score (nSPS) is 10.8. The molecule has 0 bridgehead atoms. The Balaban J connectivity index is 0.00000243. The lowest BCUT2D eigenvalue weighted by Crippen LogP contribution is -2.22. The van der Waals surface area contributed by atoms with Crippen molar-refractivity contribution in [3.05, 3.63) is 64.3 Å². The van der Waals surface area contributed by atoms with Gasteiger partial charge in [-0.25, -0.2) is 0 Å². The molecular weight excluding hydrogens is 324 g/mol. The molecule has 0 saturated heterocycles. The Kier molecular flexibility index (Phi) is 6.58. The van der Waals surface area contributed by atoms with E-state index < -0.39 is 0 Å². The van der Waals surface area contributed by atoms with Crippen molar-refractivity contribution < 1.29 is 4.74 Å². The Bertz CT molecular complexity index is 927. The van der Waals surface area contributed by atoms with E-state index in [4.69, 9.17) is 4.74 Å². The molecule has 3 aromatic rings. The van der Waals surface area contributed by atoms with Crippen LogP contribution in [0, 0.1) is 0 Å². The molecule has 0 spiro atoms. The van der Waals surface area contributed by atoms with Crippen LogP contribution in [0.25, 0.3) is 22.2 Å². The Labute approximate surface area is 155 Å². The topological polar surface area (TPSA) is 45.3 Å². The number of aromatic nitrogens is 1. The fourth-order valence-corrected chi connectivity index (χ4v) is 3.05. The molecule has 138 valence electrons. The van der Waals surface area contributed by atoms with Crippen molar-refractivity contribution in [3.63, 3.8) is 0 Å². The summed E-state index contributed by atoms with van der Waals surface area (Å²) in [4.78, 5) is 18.3. The van der Waals surface area contributed by atoms with Crippen molar-refractivity contribution in [3.8, 4) is 17.0 Å². The van der Waals surface area contributed by atoms with Crippen LogP contribution in [-0.4, -0.2) is 30.1 Å². The standard InChI is InChI=1S/C21H24N2O2.CH4/c1-4-23(5-2)14-15-7-6-8-16(11-15)20-13-21(24)18-12-17(25-3)9-10-19(18)22-20;/h6-13H,4-5,14H2,1-3H3,(H,22,24);1H4. The summed E-state index contributed by atoms with van der Waals surface area (Å²) in [5.41, 5.74) is 3.93. The molecule has 0 saturated carbocycles. The van der Waals surface area contributed by atoms with E-state index in [1.165, 1.54) is 5.56 Å². The highest BCUT2D eigenvalue weighted by molar-refractivity contribution is 5.82. The first-order valence-corrected chi connectivity index (χ1v) is 8.67. The molecule has 0 fully saturated rings. The summed E-state index contributed by atoms with van der Waals surface area (Å²) in [6, 6.07) is 15.5. The van der Waals surface area contributed by atoms with Gasteiger partial charge in [-0.2, -0.15) is 0 Å². The second kappa shape index (κ2) is 8.68. The molecule has 0 unspecified atom stereocenters. The highest BCUT2D eigenvalue weighted by Gasteiger charge is 2.07. The fourth-order valence-electron chi connectivity index (χ4n) is 3.05. The van der Waals surface area contributed by atoms with Crippen LogP contribution in [0.1, 0.15) is 26.8 Å². The number of hydrogen-bond donors (Lipinski definition) is 1. The zero-order chi connectivity index (χ0) is 17.8. The summed E-state index contributed by atoms with van der Waals surface area (Å²) in [5, 5.41) is 0.641. The first-order chi connectivity index (χ1) is 12.1. The number of nitrogens with zero attached hydrogens (tertiary/aromatic N) is 1. The number of aromatic amines is 1. The zero-order valence-corrected chi connectivity index (χ0v) is 15.0. The third kappa shape index (κ3) is 4.14. The number of fused-ring (bicyclic) bond motifs is 1. The van der Waals surface area contributed by atoms with Gasteiger partial charge in [0.15, 0.2) is 5.43 Å². The molecule has 0 aliphatic heterocycles. The second-order valence-electron chi connectivity index (χ2n) is 6.12. The number of rotatable bonds is 6. The van der Waals surface area contributed by atoms with Crippen LogP contribution in [0.2, 0.25) is 0 Å². The molecule has 1 N–H and O–H groups in total. The van der Waals surface area contributed by atoms with E-state index >= 15 is 0 Å². The summed E-state index contributed by atoms with van der Waals surface area (Å²) >= 11 is 0. The Morgan fingerprint density at radius 1 is 1.04 bits per heavy atom. The van der Waals surface area contributed by atoms with Crippen molar-refractivity contribution in [2.24, 2.45) is 0 Å². The van der Waals surface area contributed by atoms with Crippen LogP contribution in [0.4, 0.5) is 0 Å². The monoisotopic (exact) mass is 352 g/mol. The fraction of sp³-hybridized carbons (Fsp3) is 0.318. The number of pyridine rings is 1. The minimum atomic E-state index is -0.00297. The van der Waals surface area contributed by atoms with Crippen molar-refractivity contribution in [2.75, 3.05) is 20.2 Å². The van der Waals surface area contributed by atoms with E-state index in [1.807, 2.05) is 24.3 Å². The SMILES string of the molecule is C.CCN(CC)Cc1cccc(-c2cc(=O)c3cc(OC)ccc3[nH]2)c1. The van der Waals surface area contributed by atoms with Crippen LogP contribution in [0.5, 0.6) is 5.75 Å². The minimum absolute atomic E-state index is 0. The highest BCUT2D eigenvalue weighted by atomic mass is 16.5. The predicted octanol–water partition coefficient (Wildman–Crippen LogP) is 4.68. The molecule has 1 heterocycles. The quantitative estimate of drug-likeness (QED) is 0.700. The molecule has 0 aliphatic rings. The molecule has 3 rings (SSSR count). The van der Waals surface area contributed by atoms with Gasteiger partial charge in [-0.1, -0.05) is 39.5 Å². The molecule has 0 atom stereocenters. The summed E-state index contributed by atoms with van der Waals surface area (Å²) in [7, 11) is 1.60. The number of benzene rings is 2. The number of H-pyrrole nitrogens is 1. The zero-order valence-electron chi connectivity index (χ0n) is 15.0. The molecule has 4 heteroatoms. The predicted molar refractivity (Wildman–Crippen MR) is 110 cm³/mol. The maximum atomic E-state index is 12.5. The molecule has 0 radical (unpaired) electrons. The molecule has 2 aromatic carbocycles. The van der Waals surface area contributed by atoms with Crippen molar-refractivity contribution in [2.45, 2.75) is 27.8 Å². The van der Waals surface area contributed by atoms with Gasteiger partial charge in [0.05, 0.1) is 7.11 Å². The van der Waals surface area contributed by atoms with Gasteiger partial charge < -0.3 is 9.72 Å². The lowest BCUT2D eigenvalue weighted by atomic mass is 10.1. The van der Waals surface area contributed by atoms with Crippen LogP contribution in [0.15, 0.2) is 53.3 Å². The van der Waals surface area contributed by atoms with Crippen molar-refractivity contribution >= 4 is 10.9 Å². The molecular formula is C22H28N2O2. The van der Waals surface area contributed by atoms with Gasteiger partial charge in [0.25, 0.3) is 0 Å². The summed E-state index contributed by atoms with van der Waals surface area (Å²) < 4.78 is 5.21. The maximum absolute atomic E-state index is 12.5. The van der Waals surface area contributed by atoms with Crippen LogP contribution >= 0.6 is 0 Å². The molecule has 0 aliphatic carbocycles. The minimum Gasteiger partial charge on any atom is -0.497 e. The van der Waals surface area contributed by atoms with Crippen molar-refractivity contribution in [1.29, 1.82) is 0 Å². The lowest BCUT2D eigenvalue weighted by Gasteiger charge is -2.18. The van der Waals surface area contributed by atoms with Gasteiger partial charge in [-0.15, -0.1) is 0 Å². The Morgan fingerprint density at radius 2 is 1.81 bits per heavy atom. The van der Waals surface area contributed by atoms with E-state index in [0.717, 1.165) is 36.4 Å². The van der Waals surface area contributed by atoms with Crippen LogP contribution < -0.4 is 10.2 Å². The third-order valence-electron chi connectivity index (χ3n) is 4.58. The van der Waals surface area contributed by atoms with E-state index in [2.05, 4.69) is 35.9 Å².